The molecule has 0 spiro atoms. The van der Waals surface area contributed by atoms with Crippen molar-refractivity contribution in [2.24, 2.45) is 0 Å². The molecule has 0 aliphatic carbocycles. The van der Waals surface area contributed by atoms with Gasteiger partial charge in [0.25, 0.3) is 0 Å². The minimum absolute atomic E-state index is 0.000696. The minimum atomic E-state index is -1.16. The zero-order chi connectivity index (χ0) is 21.6. The number of alkyl carbamates (subject to hydrolysis) is 1. The second kappa shape index (κ2) is 9.22. The standard InChI is InChI=1S/C20H25N3O6/c1-20(2,3)29-19(28)22-9-10-23(12-17(26)27)16(25)11-13-6-7-15(24)18-14(13)5-4-8-21-18/h4-8,24H,9-12H2,1-3H3,(H,22,28)(H,26,27). The molecule has 0 atom stereocenters. The van der Waals surface area contributed by atoms with Crippen LogP contribution in [-0.4, -0.2) is 63.3 Å². The first-order valence-corrected chi connectivity index (χ1v) is 9.09. The van der Waals surface area contributed by atoms with Crippen LogP contribution in [-0.2, 0) is 20.7 Å². The van der Waals surface area contributed by atoms with Crippen molar-refractivity contribution in [3.8, 4) is 5.75 Å². The van der Waals surface area contributed by atoms with Crippen LogP contribution in [0.1, 0.15) is 26.3 Å². The van der Waals surface area contributed by atoms with Gasteiger partial charge in [-0.3, -0.25) is 14.6 Å². The number of amides is 2. The maximum atomic E-state index is 12.7. The minimum Gasteiger partial charge on any atom is -0.506 e. The highest BCUT2D eigenvalue weighted by Gasteiger charge is 2.20. The van der Waals surface area contributed by atoms with E-state index < -0.39 is 30.1 Å². The van der Waals surface area contributed by atoms with Crippen molar-refractivity contribution in [3.05, 3.63) is 36.0 Å². The number of fused-ring (bicyclic) bond motifs is 1. The molecule has 0 bridgehead atoms. The number of aromatic nitrogens is 1. The first-order chi connectivity index (χ1) is 13.6. The van der Waals surface area contributed by atoms with Gasteiger partial charge in [0.05, 0.1) is 6.42 Å². The number of carbonyl (C=O) groups excluding carboxylic acids is 2. The fourth-order valence-electron chi connectivity index (χ4n) is 2.71. The van der Waals surface area contributed by atoms with Gasteiger partial charge in [-0.25, -0.2) is 4.79 Å². The average molecular weight is 403 g/mol. The molecule has 0 radical (unpaired) electrons. The van der Waals surface area contributed by atoms with Crippen LogP contribution in [0.5, 0.6) is 5.75 Å². The van der Waals surface area contributed by atoms with Gasteiger partial charge < -0.3 is 25.2 Å². The van der Waals surface area contributed by atoms with Crippen LogP contribution in [0.2, 0.25) is 0 Å². The molecule has 9 nitrogen and oxygen atoms in total. The van der Waals surface area contributed by atoms with Crippen LogP contribution in [0, 0.1) is 0 Å². The largest absolute Gasteiger partial charge is 0.506 e. The van der Waals surface area contributed by atoms with E-state index in [1.165, 1.54) is 12.3 Å². The Morgan fingerprint density at radius 3 is 2.59 bits per heavy atom. The lowest BCUT2D eigenvalue weighted by molar-refractivity contribution is -0.144. The Balaban J connectivity index is 2.07. The summed E-state index contributed by atoms with van der Waals surface area (Å²) >= 11 is 0. The summed E-state index contributed by atoms with van der Waals surface area (Å²) in [6, 6.07) is 6.48. The van der Waals surface area contributed by atoms with Crippen molar-refractivity contribution in [2.75, 3.05) is 19.6 Å². The number of rotatable bonds is 7. The molecule has 0 saturated carbocycles. The highest BCUT2D eigenvalue weighted by atomic mass is 16.6. The molecular formula is C20H25N3O6. The normalized spacial score (nSPS) is 11.1. The number of carboxylic acid groups (broad SMARTS) is 1. The summed E-state index contributed by atoms with van der Waals surface area (Å²) in [5, 5.41) is 22.2. The van der Waals surface area contributed by atoms with Crippen LogP contribution < -0.4 is 5.32 Å². The summed E-state index contributed by atoms with van der Waals surface area (Å²) in [4.78, 5) is 40.9. The number of carbonyl (C=O) groups is 3. The van der Waals surface area contributed by atoms with Crippen LogP contribution in [0.25, 0.3) is 10.9 Å². The number of nitrogens with one attached hydrogen (secondary N) is 1. The van der Waals surface area contributed by atoms with E-state index in [1.807, 2.05) is 0 Å². The van der Waals surface area contributed by atoms with E-state index in [9.17, 15) is 19.5 Å². The third-order valence-corrected chi connectivity index (χ3v) is 3.91. The highest BCUT2D eigenvalue weighted by Crippen LogP contribution is 2.26. The van der Waals surface area contributed by atoms with E-state index >= 15 is 0 Å². The van der Waals surface area contributed by atoms with Gasteiger partial charge in [-0.15, -0.1) is 0 Å². The first-order valence-electron chi connectivity index (χ1n) is 9.09. The molecule has 2 rings (SSSR count). The van der Waals surface area contributed by atoms with Gasteiger partial charge in [0.2, 0.25) is 5.91 Å². The Hall–Kier alpha value is -3.36. The van der Waals surface area contributed by atoms with Crippen LogP contribution in [0.4, 0.5) is 4.79 Å². The zero-order valence-corrected chi connectivity index (χ0v) is 16.6. The molecule has 156 valence electrons. The second-order valence-electron chi connectivity index (χ2n) is 7.46. The molecule has 2 aromatic rings. The first kappa shape index (κ1) is 21.9. The monoisotopic (exact) mass is 403 g/mol. The van der Waals surface area contributed by atoms with Crippen LogP contribution in [0.3, 0.4) is 0 Å². The Labute approximate surface area is 168 Å². The molecule has 1 aromatic heterocycles. The van der Waals surface area contributed by atoms with Gasteiger partial charge in [-0.1, -0.05) is 12.1 Å². The van der Waals surface area contributed by atoms with Crippen molar-refractivity contribution < 1.29 is 29.3 Å². The lowest BCUT2D eigenvalue weighted by Crippen LogP contribution is -2.43. The van der Waals surface area contributed by atoms with E-state index in [1.54, 1.807) is 39.0 Å². The number of benzene rings is 1. The molecule has 9 heteroatoms. The second-order valence-corrected chi connectivity index (χ2v) is 7.46. The SMILES string of the molecule is CC(C)(C)OC(=O)NCCN(CC(=O)O)C(=O)Cc1ccc(O)c2ncccc12. The summed E-state index contributed by atoms with van der Waals surface area (Å²) in [5.74, 6) is -1.58. The topological polar surface area (TPSA) is 129 Å². The predicted octanol–water partition coefficient (Wildman–Crippen LogP) is 1.92. The van der Waals surface area contributed by atoms with Gasteiger partial charge in [0.15, 0.2) is 0 Å². The number of ether oxygens (including phenoxy) is 1. The Bertz CT molecular complexity index is 907. The summed E-state index contributed by atoms with van der Waals surface area (Å²) in [5.41, 5.74) is 0.329. The van der Waals surface area contributed by atoms with E-state index in [4.69, 9.17) is 9.84 Å². The number of hydrogen-bond donors (Lipinski definition) is 3. The molecule has 0 fully saturated rings. The van der Waals surface area contributed by atoms with E-state index in [-0.39, 0.29) is 25.3 Å². The molecular weight excluding hydrogens is 378 g/mol. The van der Waals surface area contributed by atoms with E-state index in [0.29, 0.717) is 16.5 Å². The molecule has 0 saturated heterocycles. The van der Waals surface area contributed by atoms with E-state index in [0.717, 1.165) is 4.90 Å². The maximum absolute atomic E-state index is 12.7. The van der Waals surface area contributed by atoms with Crippen LogP contribution >= 0.6 is 0 Å². The number of aromatic hydroxyl groups is 1. The van der Waals surface area contributed by atoms with Gasteiger partial charge in [-0.2, -0.15) is 0 Å². The predicted molar refractivity (Wildman–Crippen MR) is 106 cm³/mol. The zero-order valence-electron chi connectivity index (χ0n) is 16.6. The van der Waals surface area contributed by atoms with Crippen LogP contribution in [0.15, 0.2) is 30.5 Å². The average Bonchev–Trinajstić information content (AvgIpc) is 2.61. The fraction of sp³-hybridized carbons (Fsp3) is 0.400. The third kappa shape index (κ3) is 6.63. The molecule has 0 aliphatic rings. The fourth-order valence-corrected chi connectivity index (χ4v) is 2.71. The van der Waals surface area contributed by atoms with Gasteiger partial charge in [-0.05, 0) is 38.5 Å². The number of phenols is 1. The Morgan fingerprint density at radius 1 is 1.21 bits per heavy atom. The lowest BCUT2D eigenvalue weighted by atomic mass is 10.0. The lowest BCUT2D eigenvalue weighted by Gasteiger charge is -2.23. The number of aliphatic carboxylic acids is 1. The van der Waals surface area contributed by atoms with Crippen molar-refractivity contribution >= 4 is 28.9 Å². The number of hydrogen-bond acceptors (Lipinski definition) is 6. The smallest absolute Gasteiger partial charge is 0.407 e. The van der Waals surface area contributed by atoms with Crippen molar-refractivity contribution in [3.63, 3.8) is 0 Å². The van der Waals surface area contributed by atoms with Gasteiger partial charge in [0.1, 0.15) is 23.4 Å². The summed E-state index contributed by atoms with van der Waals surface area (Å²) in [6.07, 6.45) is 0.824. The van der Waals surface area contributed by atoms with Gasteiger partial charge >= 0.3 is 12.1 Å². The Kier molecular flexibility index (Phi) is 6.98. The molecule has 0 aliphatic heterocycles. The Morgan fingerprint density at radius 2 is 1.93 bits per heavy atom. The van der Waals surface area contributed by atoms with E-state index in [2.05, 4.69) is 10.3 Å². The maximum Gasteiger partial charge on any atom is 0.407 e. The molecule has 1 aromatic carbocycles. The molecule has 3 N–H and O–H groups in total. The number of carboxylic acids is 1. The summed E-state index contributed by atoms with van der Waals surface area (Å²) in [7, 11) is 0. The molecule has 1 heterocycles. The summed E-state index contributed by atoms with van der Waals surface area (Å²) in [6.45, 7) is 4.74. The van der Waals surface area contributed by atoms with Crippen molar-refractivity contribution in [1.29, 1.82) is 0 Å². The van der Waals surface area contributed by atoms with Crippen molar-refractivity contribution in [2.45, 2.75) is 32.8 Å². The van der Waals surface area contributed by atoms with Gasteiger partial charge in [0, 0.05) is 24.7 Å². The number of phenolic OH excluding ortho intramolecular Hbond substituents is 1. The summed E-state index contributed by atoms with van der Waals surface area (Å²) < 4.78 is 5.12. The molecule has 2 amide bonds. The van der Waals surface area contributed by atoms with Crippen molar-refractivity contribution in [1.82, 2.24) is 15.2 Å². The highest BCUT2D eigenvalue weighted by molar-refractivity contribution is 5.92. The molecule has 29 heavy (non-hydrogen) atoms. The quantitative estimate of drug-likeness (QED) is 0.644. The third-order valence-electron chi connectivity index (χ3n) is 3.91. The number of nitrogens with zero attached hydrogens (tertiary/aromatic N) is 2. The molecule has 0 unspecified atom stereocenters. The number of pyridine rings is 1.